The van der Waals surface area contributed by atoms with E-state index in [9.17, 15) is 19.2 Å². The molecule has 3 rings (SSSR count). The minimum atomic E-state index is -1.19. The minimum absolute atomic E-state index is 0.286. The second-order valence-electron chi connectivity index (χ2n) is 8.77. The number of ether oxygens (including phenoxy) is 2. The molecule has 0 unspecified atom stereocenters. The van der Waals surface area contributed by atoms with Gasteiger partial charge >= 0.3 is 11.9 Å². The van der Waals surface area contributed by atoms with Crippen LogP contribution in [0.3, 0.4) is 0 Å². The van der Waals surface area contributed by atoms with Crippen molar-refractivity contribution in [3.05, 3.63) is 35.9 Å². The van der Waals surface area contributed by atoms with Gasteiger partial charge in [-0.3, -0.25) is 14.4 Å². The van der Waals surface area contributed by atoms with E-state index in [-0.39, 0.29) is 12.5 Å². The van der Waals surface area contributed by atoms with Crippen molar-refractivity contribution in [2.45, 2.75) is 57.7 Å². The molecule has 1 saturated carbocycles. The zero-order valence-electron chi connectivity index (χ0n) is 17.8. The molecule has 0 radical (unpaired) electrons. The van der Waals surface area contributed by atoms with Crippen LogP contribution in [0, 0.1) is 5.41 Å². The van der Waals surface area contributed by atoms with Crippen molar-refractivity contribution >= 4 is 23.8 Å². The minimum Gasteiger partial charge on any atom is -0.468 e. The fraction of sp³-hybridized carbons (Fsp3) is 0.545. The van der Waals surface area contributed by atoms with Gasteiger partial charge in [0.05, 0.1) is 7.11 Å². The van der Waals surface area contributed by atoms with Crippen molar-refractivity contribution in [1.29, 1.82) is 0 Å². The molecule has 0 spiro atoms. The Balaban J connectivity index is 1.78. The van der Waals surface area contributed by atoms with Crippen molar-refractivity contribution < 1.29 is 28.7 Å². The molecular formula is C22H28N2O6. The predicted molar refractivity (Wildman–Crippen MR) is 107 cm³/mol. The molecule has 162 valence electrons. The summed E-state index contributed by atoms with van der Waals surface area (Å²) in [5.41, 5.74) is -1.26. The van der Waals surface area contributed by atoms with Crippen molar-refractivity contribution in [3.63, 3.8) is 0 Å². The summed E-state index contributed by atoms with van der Waals surface area (Å²) >= 11 is 0. The molecule has 8 heteroatoms. The van der Waals surface area contributed by atoms with Gasteiger partial charge in [0, 0.05) is 6.54 Å². The Morgan fingerprint density at radius 3 is 2.33 bits per heavy atom. The number of hydrogen-bond donors (Lipinski definition) is 1. The summed E-state index contributed by atoms with van der Waals surface area (Å²) in [7, 11) is 1.24. The van der Waals surface area contributed by atoms with E-state index in [1.54, 1.807) is 45.0 Å². The maximum Gasteiger partial charge on any atom is 0.334 e. The monoisotopic (exact) mass is 416 g/mol. The maximum absolute atomic E-state index is 13.1. The van der Waals surface area contributed by atoms with Gasteiger partial charge in [-0.15, -0.1) is 0 Å². The smallest absolute Gasteiger partial charge is 0.334 e. The summed E-state index contributed by atoms with van der Waals surface area (Å²) in [6, 6.07) is 7.24. The van der Waals surface area contributed by atoms with E-state index in [0.29, 0.717) is 24.8 Å². The molecule has 1 N–H and O–H groups in total. The fourth-order valence-corrected chi connectivity index (χ4v) is 3.67. The third-order valence-corrected chi connectivity index (χ3v) is 5.36. The normalized spacial score (nSPS) is 21.0. The summed E-state index contributed by atoms with van der Waals surface area (Å²) in [4.78, 5) is 52.0. The van der Waals surface area contributed by atoms with E-state index in [4.69, 9.17) is 9.47 Å². The van der Waals surface area contributed by atoms with E-state index in [0.717, 1.165) is 0 Å². The molecule has 2 fully saturated rings. The molecule has 0 aromatic heterocycles. The van der Waals surface area contributed by atoms with Crippen LogP contribution in [0.15, 0.2) is 30.3 Å². The SMILES string of the molecule is COC(=O)C1(C(=O)N[C@@H]2CCN([C@H](C(=O)OC(C)(C)C)c3ccccc3)C2=O)CC1. The lowest BCUT2D eigenvalue weighted by molar-refractivity contribution is -0.164. The average Bonchev–Trinajstić information content (AvgIpc) is 3.43. The molecule has 8 nitrogen and oxygen atoms in total. The maximum atomic E-state index is 13.1. The van der Waals surface area contributed by atoms with Gasteiger partial charge in [0.1, 0.15) is 17.1 Å². The van der Waals surface area contributed by atoms with Gasteiger partial charge in [-0.1, -0.05) is 30.3 Å². The van der Waals surface area contributed by atoms with Crippen LogP contribution in [0.25, 0.3) is 0 Å². The summed E-state index contributed by atoms with van der Waals surface area (Å²) in [6.07, 6.45) is 1.15. The number of esters is 2. The van der Waals surface area contributed by atoms with Crippen LogP contribution in [-0.4, -0.2) is 54.0 Å². The number of hydrogen-bond acceptors (Lipinski definition) is 6. The lowest BCUT2D eigenvalue weighted by Gasteiger charge is -2.30. The summed E-state index contributed by atoms with van der Waals surface area (Å²) < 4.78 is 10.3. The van der Waals surface area contributed by atoms with Crippen LogP contribution in [0.4, 0.5) is 0 Å². The molecule has 1 aromatic carbocycles. The molecular weight excluding hydrogens is 388 g/mol. The highest BCUT2D eigenvalue weighted by molar-refractivity contribution is 6.07. The Morgan fingerprint density at radius 2 is 1.80 bits per heavy atom. The highest BCUT2D eigenvalue weighted by Crippen LogP contribution is 2.47. The number of nitrogens with one attached hydrogen (secondary N) is 1. The number of amides is 2. The van der Waals surface area contributed by atoms with Crippen LogP contribution in [0.2, 0.25) is 0 Å². The lowest BCUT2D eigenvalue weighted by atomic mass is 10.0. The van der Waals surface area contributed by atoms with Gasteiger partial charge in [-0.2, -0.15) is 0 Å². The zero-order valence-corrected chi connectivity index (χ0v) is 17.8. The predicted octanol–water partition coefficient (Wildman–Crippen LogP) is 1.74. The van der Waals surface area contributed by atoms with E-state index >= 15 is 0 Å². The number of benzene rings is 1. The first-order valence-corrected chi connectivity index (χ1v) is 10.1. The second-order valence-corrected chi connectivity index (χ2v) is 8.77. The number of methoxy groups -OCH3 is 1. The topological polar surface area (TPSA) is 102 Å². The highest BCUT2D eigenvalue weighted by atomic mass is 16.6. The van der Waals surface area contributed by atoms with Gasteiger partial charge in [0.25, 0.3) is 0 Å². The van der Waals surface area contributed by atoms with Gasteiger partial charge in [-0.25, -0.2) is 4.79 Å². The van der Waals surface area contributed by atoms with Crippen molar-refractivity contribution in [3.8, 4) is 0 Å². The van der Waals surface area contributed by atoms with E-state index in [1.165, 1.54) is 12.0 Å². The Kier molecular flexibility index (Phi) is 5.87. The third-order valence-electron chi connectivity index (χ3n) is 5.36. The van der Waals surface area contributed by atoms with Crippen LogP contribution < -0.4 is 5.32 Å². The summed E-state index contributed by atoms with van der Waals surface area (Å²) in [5, 5.41) is 2.69. The largest absolute Gasteiger partial charge is 0.468 e. The molecule has 1 saturated heterocycles. The van der Waals surface area contributed by atoms with Crippen molar-refractivity contribution in [2.24, 2.45) is 5.41 Å². The van der Waals surface area contributed by atoms with E-state index < -0.39 is 40.9 Å². The summed E-state index contributed by atoms with van der Waals surface area (Å²) in [5.74, 6) is -1.98. The first-order valence-electron chi connectivity index (χ1n) is 10.1. The van der Waals surface area contributed by atoms with Gasteiger partial charge in [0.2, 0.25) is 11.8 Å². The number of likely N-dealkylation sites (tertiary alicyclic amines) is 1. The Labute approximate surface area is 175 Å². The molecule has 1 aliphatic carbocycles. The van der Waals surface area contributed by atoms with Gasteiger partial charge < -0.3 is 19.7 Å². The van der Waals surface area contributed by atoms with Crippen LogP contribution >= 0.6 is 0 Å². The molecule has 30 heavy (non-hydrogen) atoms. The van der Waals surface area contributed by atoms with Crippen molar-refractivity contribution in [2.75, 3.05) is 13.7 Å². The molecule has 1 heterocycles. The van der Waals surface area contributed by atoms with Crippen LogP contribution in [0.5, 0.6) is 0 Å². The van der Waals surface area contributed by atoms with Crippen LogP contribution in [0.1, 0.15) is 51.6 Å². The van der Waals surface area contributed by atoms with Gasteiger partial charge in [0.15, 0.2) is 6.04 Å². The third kappa shape index (κ3) is 4.32. The lowest BCUT2D eigenvalue weighted by Crippen LogP contribution is -2.48. The molecule has 2 aliphatic rings. The Morgan fingerprint density at radius 1 is 1.17 bits per heavy atom. The Hall–Kier alpha value is -2.90. The van der Waals surface area contributed by atoms with Crippen molar-refractivity contribution in [1.82, 2.24) is 10.2 Å². The molecule has 1 aromatic rings. The number of carbonyl (C=O) groups is 4. The highest BCUT2D eigenvalue weighted by Gasteiger charge is 2.58. The number of rotatable bonds is 6. The quantitative estimate of drug-likeness (QED) is 0.560. The summed E-state index contributed by atoms with van der Waals surface area (Å²) in [6.45, 7) is 5.59. The molecule has 2 atom stereocenters. The molecule has 0 bridgehead atoms. The fourth-order valence-electron chi connectivity index (χ4n) is 3.67. The zero-order chi connectivity index (χ0) is 22.1. The molecule has 2 amide bonds. The first kappa shape index (κ1) is 21.8. The van der Waals surface area contributed by atoms with E-state index in [1.807, 2.05) is 6.07 Å². The van der Waals surface area contributed by atoms with E-state index in [2.05, 4.69) is 5.32 Å². The standard InChI is InChI=1S/C22H28N2O6/c1-21(2,3)30-18(26)16(14-8-6-5-7-9-14)24-13-10-15(17(24)25)23-19(27)22(11-12-22)20(28)29-4/h5-9,15-16H,10-13H2,1-4H3,(H,23,27)/t15-,16+/m1/s1. The molecule has 1 aliphatic heterocycles. The Bertz CT molecular complexity index is 841. The first-order chi connectivity index (χ1) is 14.1. The van der Waals surface area contributed by atoms with Crippen LogP contribution in [-0.2, 0) is 28.7 Å². The number of carbonyl (C=O) groups excluding carboxylic acids is 4. The number of nitrogens with zero attached hydrogens (tertiary/aromatic N) is 1. The average molecular weight is 416 g/mol. The second kappa shape index (κ2) is 8.08. The van der Waals surface area contributed by atoms with Gasteiger partial charge in [-0.05, 0) is 45.6 Å².